The summed E-state index contributed by atoms with van der Waals surface area (Å²) >= 11 is 0. The molecule has 114 valence electrons. The van der Waals surface area contributed by atoms with Crippen LogP contribution in [0.1, 0.15) is 57.3 Å². The molecule has 1 aromatic heterocycles. The van der Waals surface area contributed by atoms with E-state index in [4.69, 9.17) is 4.52 Å². The standard InChI is InChI=1S/C17H25N3O/c1-6-14(12(2)18-5)15-19-16(20-21-15)17(3,4)13-10-8-7-9-11-13/h7-12,14,18H,6H2,1-5H3. The third-order valence-corrected chi connectivity index (χ3v) is 4.31. The Bertz CT molecular complexity index is 562. The average molecular weight is 287 g/mol. The van der Waals surface area contributed by atoms with Crippen LogP contribution < -0.4 is 5.32 Å². The van der Waals surface area contributed by atoms with Crippen molar-refractivity contribution >= 4 is 0 Å². The van der Waals surface area contributed by atoms with Crippen LogP contribution in [0.4, 0.5) is 0 Å². The van der Waals surface area contributed by atoms with Gasteiger partial charge in [0, 0.05) is 6.04 Å². The molecular formula is C17H25N3O. The predicted octanol–water partition coefficient (Wildman–Crippen LogP) is 3.50. The van der Waals surface area contributed by atoms with Crippen molar-refractivity contribution in [2.75, 3.05) is 7.05 Å². The number of nitrogens with one attached hydrogen (secondary N) is 1. The van der Waals surface area contributed by atoms with Crippen molar-refractivity contribution in [2.24, 2.45) is 0 Å². The van der Waals surface area contributed by atoms with E-state index in [1.54, 1.807) is 0 Å². The second-order valence-electron chi connectivity index (χ2n) is 6.04. The van der Waals surface area contributed by atoms with Crippen LogP contribution in [0.3, 0.4) is 0 Å². The van der Waals surface area contributed by atoms with Gasteiger partial charge in [0.15, 0.2) is 5.82 Å². The van der Waals surface area contributed by atoms with Crippen LogP contribution in [0.2, 0.25) is 0 Å². The highest BCUT2D eigenvalue weighted by atomic mass is 16.5. The molecule has 0 aliphatic carbocycles. The smallest absolute Gasteiger partial charge is 0.231 e. The monoisotopic (exact) mass is 287 g/mol. The molecule has 2 aromatic rings. The topological polar surface area (TPSA) is 51.0 Å². The first-order valence-electron chi connectivity index (χ1n) is 7.57. The molecule has 0 saturated carbocycles. The Balaban J connectivity index is 2.31. The second kappa shape index (κ2) is 6.39. The molecule has 1 heterocycles. The van der Waals surface area contributed by atoms with Crippen LogP contribution in [-0.4, -0.2) is 23.2 Å². The van der Waals surface area contributed by atoms with E-state index in [1.165, 1.54) is 5.56 Å². The molecule has 0 spiro atoms. The van der Waals surface area contributed by atoms with Gasteiger partial charge in [-0.05, 0) is 39.8 Å². The van der Waals surface area contributed by atoms with E-state index < -0.39 is 0 Å². The van der Waals surface area contributed by atoms with Crippen molar-refractivity contribution in [3.05, 3.63) is 47.6 Å². The van der Waals surface area contributed by atoms with Crippen molar-refractivity contribution in [2.45, 2.75) is 51.5 Å². The van der Waals surface area contributed by atoms with E-state index in [1.807, 2.05) is 25.2 Å². The van der Waals surface area contributed by atoms with E-state index >= 15 is 0 Å². The zero-order chi connectivity index (χ0) is 15.5. The molecule has 4 nitrogen and oxygen atoms in total. The van der Waals surface area contributed by atoms with E-state index in [0.29, 0.717) is 6.04 Å². The molecular weight excluding hydrogens is 262 g/mol. The number of hydrogen-bond acceptors (Lipinski definition) is 4. The van der Waals surface area contributed by atoms with Gasteiger partial charge < -0.3 is 9.84 Å². The second-order valence-corrected chi connectivity index (χ2v) is 6.04. The van der Waals surface area contributed by atoms with Gasteiger partial charge in [-0.3, -0.25) is 0 Å². The lowest BCUT2D eigenvalue weighted by molar-refractivity contribution is 0.317. The highest BCUT2D eigenvalue weighted by Gasteiger charge is 2.31. The summed E-state index contributed by atoms with van der Waals surface area (Å²) in [4.78, 5) is 4.68. The van der Waals surface area contributed by atoms with Gasteiger partial charge in [0.1, 0.15) is 0 Å². The number of likely N-dealkylation sites (N-methyl/N-ethyl adjacent to an activating group) is 1. The number of aromatic nitrogens is 2. The van der Waals surface area contributed by atoms with Crippen LogP contribution in [0.15, 0.2) is 34.9 Å². The number of nitrogens with zero attached hydrogens (tertiary/aromatic N) is 2. The third kappa shape index (κ3) is 3.16. The maximum atomic E-state index is 5.55. The molecule has 1 N–H and O–H groups in total. The first kappa shape index (κ1) is 15.7. The molecule has 0 aliphatic rings. The van der Waals surface area contributed by atoms with Crippen LogP contribution >= 0.6 is 0 Å². The number of benzene rings is 1. The van der Waals surface area contributed by atoms with Gasteiger partial charge in [-0.15, -0.1) is 0 Å². The normalized spacial score (nSPS) is 14.9. The Kier molecular flexibility index (Phi) is 4.78. The molecule has 0 fully saturated rings. The summed E-state index contributed by atoms with van der Waals surface area (Å²) in [5.74, 6) is 1.70. The van der Waals surface area contributed by atoms with Gasteiger partial charge in [-0.1, -0.05) is 42.4 Å². The number of hydrogen-bond donors (Lipinski definition) is 1. The Morgan fingerprint density at radius 1 is 1.24 bits per heavy atom. The lowest BCUT2D eigenvalue weighted by Crippen LogP contribution is -2.29. The third-order valence-electron chi connectivity index (χ3n) is 4.31. The molecule has 0 saturated heterocycles. The largest absolute Gasteiger partial charge is 0.339 e. The lowest BCUT2D eigenvalue weighted by atomic mass is 9.84. The van der Waals surface area contributed by atoms with E-state index in [-0.39, 0.29) is 11.3 Å². The molecule has 2 atom stereocenters. The summed E-state index contributed by atoms with van der Waals surface area (Å²) in [6.45, 7) is 8.53. The number of rotatable bonds is 6. The minimum Gasteiger partial charge on any atom is -0.339 e. The summed E-state index contributed by atoms with van der Waals surface area (Å²) < 4.78 is 5.55. The van der Waals surface area contributed by atoms with Gasteiger partial charge in [0.25, 0.3) is 0 Å². The SMILES string of the molecule is CCC(c1nc(C(C)(C)c2ccccc2)no1)C(C)NC. The van der Waals surface area contributed by atoms with Gasteiger partial charge in [0.05, 0.1) is 11.3 Å². The average Bonchev–Trinajstić information content (AvgIpc) is 2.99. The Morgan fingerprint density at radius 3 is 2.48 bits per heavy atom. The van der Waals surface area contributed by atoms with Crippen molar-refractivity contribution in [3.8, 4) is 0 Å². The fraction of sp³-hybridized carbons (Fsp3) is 0.529. The summed E-state index contributed by atoms with van der Waals surface area (Å²) in [5.41, 5.74) is 0.927. The minimum atomic E-state index is -0.260. The molecule has 2 rings (SSSR count). The maximum absolute atomic E-state index is 5.55. The van der Waals surface area contributed by atoms with E-state index in [9.17, 15) is 0 Å². The Hall–Kier alpha value is -1.68. The summed E-state index contributed by atoms with van der Waals surface area (Å²) in [5, 5.41) is 7.50. The van der Waals surface area contributed by atoms with Crippen LogP contribution in [-0.2, 0) is 5.41 Å². The zero-order valence-corrected chi connectivity index (χ0v) is 13.6. The van der Waals surface area contributed by atoms with Crippen LogP contribution in [0.25, 0.3) is 0 Å². The lowest BCUT2D eigenvalue weighted by Gasteiger charge is -2.21. The van der Waals surface area contributed by atoms with E-state index in [2.05, 4.69) is 55.3 Å². The van der Waals surface area contributed by atoms with E-state index in [0.717, 1.165) is 18.1 Å². The van der Waals surface area contributed by atoms with Gasteiger partial charge in [-0.25, -0.2) is 0 Å². The minimum absolute atomic E-state index is 0.239. The fourth-order valence-electron chi connectivity index (χ4n) is 2.57. The molecule has 0 amide bonds. The van der Waals surface area contributed by atoms with Gasteiger partial charge in [0.2, 0.25) is 5.89 Å². The van der Waals surface area contributed by atoms with Crippen molar-refractivity contribution in [1.29, 1.82) is 0 Å². The molecule has 21 heavy (non-hydrogen) atoms. The molecule has 4 heteroatoms. The highest BCUT2D eigenvalue weighted by molar-refractivity contribution is 5.30. The molecule has 0 aliphatic heterocycles. The molecule has 2 unspecified atom stereocenters. The van der Waals surface area contributed by atoms with Crippen molar-refractivity contribution in [3.63, 3.8) is 0 Å². The molecule has 0 bridgehead atoms. The Labute approximate surface area is 127 Å². The summed E-state index contributed by atoms with van der Waals surface area (Å²) in [6, 6.07) is 10.6. The first-order chi connectivity index (χ1) is 10.0. The first-order valence-corrected chi connectivity index (χ1v) is 7.57. The van der Waals surface area contributed by atoms with Crippen LogP contribution in [0.5, 0.6) is 0 Å². The van der Waals surface area contributed by atoms with Gasteiger partial charge in [-0.2, -0.15) is 4.98 Å². The zero-order valence-electron chi connectivity index (χ0n) is 13.6. The maximum Gasteiger partial charge on any atom is 0.231 e. The molecule has 0 radical (unpaired) electrons. The predicted molar refractivity (Wildman–Crippen MR) is 84.4 cm³/mol. The summed E-state index contributed by atoms with van der Waals surface area (Å²) in [6.07, 6.45) is 0.968. The van der Waals surface area contributed by atoms with Crippen LogP contribution in [0, 0.1) is 0 Å². The van der Waals surface area contributed by atoms with Crippen molar-refractivity contribution < 1.29 is 4.52 Å². The summed E-state index contributed by atoms with van der Waals surface area (Å²) in [7, 11) is 1.96. The fourth-order valence-corrected chi connectivity index (χ4v) is 2.57. The Morgan fingerprint density at radius 2 is 1.90 bits per heavy atom. The molecule has 1 aromatic carbocycles. The quantitative estimate of drug-likeness (QED) is 0.883. The van der Waals surface area contributed by atoms with Gasteiger partial charge >= 0.3 is 0 Å². The van der Waals surface area contributed by atoms with Crippen molar-refractivity contribution in [1.82, 2.24) is 15.5 Å². The highest BCUT2D eigenvalue weighted by Crippen LogP contribution is 2.31.